The van der Waals surface area contributed by atoms with Crippen molar-refractivity contribution >= 4 is 0 Å². The molecule has 0 bridgehead atoms. The summed E-state index contributed by atoms with van der Waals surface area (Å²) in [6, 6.07) is 3.92. The predicted molar refractivity (Wildman–Crippen MR) is 78.5 cm³/mol. The zero-order valence-corrected chi connectivity index (χ0v) is 12.5. The van der Waals surface area contributed by atoms with Crippen LogP contribution in [0.25, 0.3) is 0 Å². The number of halogens is 2. The van der Waals surface area contributed by atoms with Crippen LogP contribution in [0, 0.1) is 34.8 Å². The van der Waals surface area contributed by atoms with Crippen molar-refractivity contribution in [3.05, 3.63) is 34.9 Å². The van der Waals surface area contributed by atoms with Gasteiger partial charge in [-0.3, -0.25) is 0 Å². The molecule has 0 aliphatic heterocycles. The third-order valence-electron chi connectivity index (χ3n) is 4.44. The van der Waals surface area contributed by atoms with Gasteiger partial charge in [-0.2, -0.15) is 5.26 Å². The van der Waals surface area contributed by atoms with Gasteiger partial charge in [-0.15, -0.1) is 0 Å². The molecule has 1 saturated carbocycles. The molecule has 1 aliphatic rings. The Morgan fingerprint density at radius 3 is 2.38 bits per heavy atom. The first-order valence-corrected chi connectivity index (χ1v) is 7.69. The third kappa shape index (κ3) is 4.50. The largest absolute Gasteiger partial charge is 0.312 e. The maximum atomic E-state index is 13.7. The van der Waals surface area contributed by atoms with Crippen molar-refractivity contribution in [3.8, 4) is 6.07 Å². The second kappa shape index (κ2) is 7.51. The molecular formula is C17H22F2N2. The molecule has 0 saturated heterocycles. The van der Waals surface area contributed by atoms with E-state index in [1.807, 2.05) is 0 Å². The molecule has 0 aromatic heterocycles. The zero-order chi connectivity index (χ0) is 15.2. The average molecular weight is 292 g/mol. The van der Waals surface area contributed by atoms with Crippen molar-refractivity contribution < 1.29 is 8.78 Å². The summed E-state index contributed by atoms with van der Waals surface area (Å²) in [5, 5.41) is 11.8. The van der Waals surface area contributed by atoms with E-state index in [-0.39, 0.29) is 17.7 Å². The number of hydrogen-bond donors (Lipinski definition) is 1. The molecule has 1 N–H and O–H groups in total. The minimum atomic E-state index is -0.648. The molecule has 2 nitrogen and oxygen atoms in total. The van der Waals surface area contributed by atoms with Crippen molar-refractivity contribution in [2.75, 3.05) is 6.54 Å². The van der Waals surface area contributed by atoms with Gasteiger partial charge in [0.2, 0.25) is 0 Å². The van der Waals surface area contributed by atoms with E-state index in [1.165, 1.54) is 25.7 Å². The lowest BCUT2D eigenvalue weighted by Crippen LogP contribution is -2.21. The van der Waals surface area contributed by atoms with Gasteiger partial charge in [0.25, 0.3) is 0 Å². The van der Waals surface area contributed by atoms with Gasteiger partial charge in [0.05, 0.1) is 11.6 Å². The van der Waals surface area contributed by atoms with Crippen LogP contribution in [0.3, 0.4) is 0 Å². The topological polar surface area (TPSA) is 35.8 Å². The van der Waals surface area contributed by atoms with Crippen LogP contribution in [0.2, 0.25) is 0 Å². The third-order valence-corrected chi connectivity index (χ3v) is 4.44. The zero-order valence-electron chi connectivity index (χ0n) is 12.5. The highest BCUT2D eigenvalue weighted by atomic mass is 19.1. The fraction of sp³-hybridized carbons (Fsp3) is 0.588. The summed E-state index contributed by atoms with van der Waals surface area (Å²) in [4.78, 5) is 0. The van der Waals surface area contributed by atoms with Gasteiger partial charge in [-0.1, -0.05) is 32.6 Å². The van der Waals surface area contributed by atoms with E-state index in [0.29, 0.717) is 0 Å². The van der Waals surface area contributed by atoms with E-state index in [9.17, 15) is 8.78 Å². The molecule has 1 fully saturated rings. The van der Waals surface area contributed by atoms with Crippen molar-refractivity contribution in [3.63, 3.8) is 0 Å². The summed E-state index contributed by atoms with van der Waals surface area (Å²) in [6.07, 6.45) is 6.18. The Bertz CT molecular complexity index is 491. The summed E-state index contributed by atoms with van der Waals surface area (Å²) in [5.74, 6) is 0.288. The molecule has 1 aromatic rings. The van der Waals surface area contributed by atoms with Gasteiger partial charge in [-0.05, 0) is 36.9 Å². The normalized spacial score (nSPS) is 22.0. The minimum absolute atomic E-state index is 0.0186. The first-order valence-electron chi connectivity index (χ1n) is 7.69. The maximum absolute atomic E-state index is 13.7. The van der Waals surface area contributed by atoms with Gasteiger partial charge >= 0.3 is 0 Å². The van der Waals surface area contributed by atoms with E-state index in [2.05, 4.69) is 12.2 Å². The lowest BCUT2D eigenvalue weighted by molar-refractivity contribution is 0.275. The first-order chi connectivity index (χ1) is 10.1. The maximum Gasteiger partial charge on any atom is 0.131 e. The molecule has 0 amide bonds. The van der Waals surface area contributed by atoms with Gasteiger partial charge in [-0.25, -0.2) is 8.78 Å². The summed E-state index contributed by atoms with van der Waals surface area (Å²) in [5.41, 5.74) is 0.0383. The fourth-order valence-electron chi connectivity index (χ4n) is 2.97. The lowest BCUT2D eigenvalue weighted by atomic mass is 9.81. The Labute approximate surface area is 125 Å². The van der Waals surface area contributed by atoms with E-state index in [1.54, 1.807) is 6.07 Å². The molecule has 0 atom stereocenters. The second-order valence-electron chi connectivity index (χ2n) is 6.12. The molecule has 21 heavy (non-hydrogen) atoms. The van der Waals surface area contributed by atoms with Crippen molar-refractivity contribution in [1.29, 1.82) is 5.26 Å². The Kier molecular flexibility index (Phi) is 5.69. The minimum Gasteiger partial charge on any atom is -0.312 e. The second-order valence-corrected chi connectivity index (χ2v) is 6.12. The number of nitriles is 1. The molecule has 1 aliphatic carbocycles. The van der Waals surface area contributed by atoms with Crippen LogP contribution in [0.5, 0.6) is 0 Å². The van der Waals surface area contributed by atoms with Crippen LogP contribution in [0.1, 0.15) is 50.2 Å². The molecule has 0 unspecified atom stereocenters. The Hall–Kier alpha value is -1.47. The highest BCUT2D eigenvalue weighted by molar-refractivity contribution is 5.34. The molecule has 0 heterocycles. The summed E-state index contributed by atoms with van der Waals surface area (Å²) in [6.45, 7) is 3.25. The van der Waals surface area contributed by atoms with Crippen molar-refractivity contribution in [2.24, 2.45) is 11.8 Å². The quantitative estimate of drug-likeness (QED) is 0.828. The molecule has 1 aromatic carbocycles. The lowest BCUT2D eigenvalue weighted by Gasteiger charge is -2.26. The van der Waals surface area contributed by atoms with Crippen LogP contribution in [0.15, 0.2) is 12.1 Å². The van der Waals surface area contributed by atoms with Gasteiger partial charge in [0.15, 0.2) is 0 Å². The standard InChI is InChI=1S/C17H22F2N2/c1-12-2-4-13(5-3-12)6-7-21-11-15-16(18)8-14(10-20)9-17(15)19/h8-9,12-13,21H,2-7,11H2,1H3. The molecule has 4 heteroatoms. The van der Waals surface area contributed by atoms with E-state index in [0.717, 1.165) is 36.9 Å². The molecule has 0 radical (unpaired) electrons. The van der Waals surface area contributed by atoms with Crippen LogP contribution in [-0.2, 0) is 6.54 Å². The summed E-state index contributed by atoms with van der Waals surface area (Å²) < 4.78 is 27.4. The van der Waals surface area contributed by atoms with Crippen molar-refractivity contribution in [1.82, 2.24) is 5.32 Å². The predicted octanol–water partition coefficient (Wildman–Crippen LogP) is 4.14. The van der Waals surface area contributed by atoms with Crippen LogP contribution < -0.4 is 5.32 Å². The number of benzene rings is 1. The number of nitrogens with one attached hydrogen (secondary N) is 1. The average Bonchev–Trinajstić information content (AvgIpc) is 2.47. The summed E-state index contributed by atoms with van der Waals surface area (Å²) in [7, 11) is 0. The van der Waals surface area contributed by atoms with Gasteiger partial charge in [0.1, 0.15) is 11.6 Å². The van der Waals surface area contributed by atoms with Crippen molar-refractivity contribution in [2.45, 2.75) is 45.6 Å². The van der Waals surface area contributed by atoms with E-state index < -0.39 is 11.6 Å². The monoisotopic (exact) mass is 292 g/mol. The van der Waals surface area contributed by atoms with Crippen LogP contribution in [0.4, 0.5) is 8.78 Å². The number of hydrogen-bond acceptors (Lipinski definition) is 2. The summed E-state index contributed by atoms with van der Waals surface area (Å²) >= 11 is 0. The Morgan fingerprint density at radius 1 is 1.19 bits per heavy atom. The Morgan fingerprint density at radius 2 is 1.81 bits per heavy atom. The number of nitrogens with zero attached hydrogens (tertiary/aromatic N) is 1. The molecule has 2 rings (SSSR count). The fourth-order valence-corrected chi connectivity index (χ4v) is 2.97. The number of rotatable bonds is 5. The SMILES string of the molecule is CC1CCC(CCNCc2c(F)cc(C#N)cc2F)CC1. The van der Waals surface area contributed by atoms with Crippen LogP contribution >= 0.6 is 0 Å². The smallest absolute Gasteiger partial charge is 0.131 e. The van der Waals surface area contributed by atoms with Gasteiger partial charge in [0, 0.05) is 12.1 Å². The van der Waals surface area contributed by atoms with E-state index in [4.69, 9.17) is 5.26 Å². The Balaban J connectivity index is 1.78. The molecule has 0 spiro atoms. The molecule has 114 valence electrons. The van der Waals surface area contributed by atoms with Gasteiger partial charge < -0.3 is 5.32 Å². The highest BCUT2D eigenvalue weighted by Crippen LogP contribution is 2.29. The highest BCUT2D eigenvalue weighted by Gasteiger charge is 2.17. The molecular weight excluding hydrogens is 270 g/mol. The van der Waals surface area contributed by atoms with Crippen LogP contribution in [-0.4, -0.2) is 6.54 Å². The van der Waals surface area contributed by atoms with E-state index >= 15 is 0 Å². The first kappa shape index (κ1) is 15.9.